The zero-order valence-corrected chi connectivity index (χ0v) is 60.4. The number of hydrogen-bond donors (Lipinski definition) is 11. The molecule has 10 rings (SSSR count). The second-order valence-electron chi connectivity index (χ2n) is 24.3. The third-order valence-electron chi connectivity index (χ3n) is 15.5. The summed E-state index contributed by atoms with van der Waals surface area (Å²) < 4.78 is 8.58. The molecule has 0 aliphatic carbocycles. The van der Waals surface area contributed by atoms with Crippen LogP contribution in [0.5, 0.6) is 0 Å². The summed E-state index contributed by atoms with van der Waals surface area (Å²) in [6.07, 6.45) is 6.75. The lowest BCUT2D eigenvalue weighted by atomic mass is 10.0. The number of aromatic nitrogens is 5. The van der Waals surface area contributed by atoms with Gasteiger partial charge in [-0.15, -0.1) is 69.3 Å². The van der Waals surface area contributed by atoms with E-state index in [2.05, 4.69) is 67.6 Å². The number of nitrogen functional groups attached to an aromatic ring is 1. The van der Waals surface area contributed by atoms with Gasteiger partial charge in [-0.25, -0.2) is 43.3 Å². The molecule has 0 saturated carbocycles. The number of fused-ring (bicyclic) bond motifs is 1. The van der Waals surface area contributed by atoms with E-state index in [0.29, 0.717) is 39.4 Å². The van der Waals surface area contributed by atoms with Crippen LogP contribution < -0.4 is 62.3 Å². The van der Waals surface area contributed by atoms with Crippen LogP contribution in [0.2, 0.25) is 0 Å². The number of amides is 6. The van der Waals surface area contributed by atoms with E-state index in [-0.39, 0.29) is 75.1 Å². The van der Waals surface area contributed by atoms with Crippen molar-refractivity contribution in [1.29, 1.82) is 0 Å². The number of oxime groups is 3. The van der Waals surface area contributed by atoms with Crippen LogP contribution in [0.1, 0.15) is 58.6 Å². The van der Waals surface area contributed by atoms with Crippen LogP contribution in [0, 0.1) is 0 Å². The molecule has 1 fully saturated rings. The zero-order valence-electron chi connectivity index (χ0n) is 55.5. The van der Waals surface area contributed by atoms with E-state index >= 15 is 4.79 Å². The normalized spacial score (nSPS) is 19.0. The minimum Gasteiger partial charge on any atom is -0.543 e. The maximum Gasteiger partial charge on any atom is 0.354 e. The second kappa shape index (κ2) is 31.9. The Bertz CT molecular complexity index is 4570. The van der Waals surface area contributed by atoms with Crippen molar-refractivity contribution < 1.29 is 111 Å². The van der Waals surface area contributed by atoms with Crippen LogP contribution >= 0.6 is 69.3 Å². The number of aliphatic carboxylic acids is 5. The van der Waals surface area contributed by atoms with Crippen molar-refractivity contribution in [1.82, 2.24) is 46.4 Å². The van der Waals surface area contributed by atoms with Gasteiger partial charge in [0.2, 0.25) is 16.8 Å². The van der Waals surface area contributed by atoms with Gasteiger partial charge in [-0.3, -0.25) is 33.7 Å². The predicted molar refractivity (Wildman–Crippen MR) is 369 cm³/mol. The van der Waals surface area contributed by atoms with E-state index in [1.54, 1.807) is 70.3 Å². The first-order valence-corrected chi connectivity index (χ1v) is 36.5. The van der Waals surface area contributed by atoms with Crippen LogP contribution in [-0.4, -0.2) is 198 Å². The molecule has 5 aromatic rings. The number of nitrogens with one attached hydrogen (secondary N) is 7. The van der Waals surface area contributed by atoms with E-state index < -0.39 is 151 Å². The smallest absolute Gasteiger partial charge is 0.354 e. The van der Waals surface area contributed by atoms with E-state index in [4.69, 9.17) is 25.0 Å². The molecule has 105 heavy (non-hydrogen) atoms. The van der Waals surface area contributed by atoms with Crippen LogP contribution in [-0.2, 0) is 89.9 Å². The van der Waals surface area contributed by atoms with Gasteiger partial charge in [0.1, 0.15) is 63.6 Å². The van der Waals surface area contributed by atoms with Gasteiger partial charge in [0.15, 0.2) is 70.4 Å². The fourth-order valence-corrected chi connectivity index (χ4v) is 15.4. The Balaban J connectivity index is 0.934. The van der Waals surface area contributed by atoms with E-state index in [9.17, 15) is 78.3 Å². The van der Waals surface area contributed by atoms with Gasteiger partial charge in [0.05, 0.1) is 23.3 Å². The van der Waals surface area contributed by atoms with E-state index in [1.165, 1.54) is 10.8 Å². The molecule has 0 radical (unpaired) electrons. The summed E-state index contributed by atoms with van der Waals surface area (Å²) in [5, 5.41) is 84.2. The average molecular weight is 1560 g/mol. The molecule has 38 nitrogen and oxygen atoms in total. The summed E-state index contributed by atoms with van der Waals surface area (Å²) in [5.74, 6) is -15.4. The van der Waals surface area contributed by atoms with Crippen LogP contribution in [0.25, 0.3) is 0 Å². The van der Waals surface area contributed by atoms with Crippen molar-refractivity contribution in [3.63, 3.8) is 0 Å². The molecule has 6 atom stereocenters. The second-order valence-corrected chi connectivity index (χ2v) is 30.3. The van der Waals surface area contributed by atoms with Crippen LogP contribution in [0.15, 0.2) is 127 Å². The number of pyridine rings is 2. The number of β-lactam (4-membered cyclic amide) rings is 1. The number of ether oxygens (including phenoxy) is 1. The van der Waals surface area contributed by atoms with Crippen molar-refractivity contribution >= 4 is 173 Å². The molecule has 6 amide bonds. The monoisotopic (exact) mass is 1560 g/mol. The molecule has 12 N–H and O–H groups in total. The zero-order chi connectivity index (χ0) is 76.0. The quantitative estimate of drug-likeness (QED) is 0.00725. The fourth-order valence-electron chi connectivity index (χ4n) is 9.68. The number of carboxylic acids is 5. The highest BCUT2D eigenvalue weighted by molar-refractivity contribution is 8.00. The van der Waals surface area contributed by atoms with Crippen molar-refractivity contribution in [2.45, 2.75) is 106 Å². The standard InChI is InChI=1S/C61H61N17O21S6/c1-59(2,53(90)91)97-73-34(29-23-103-56(62)63-29)41(79)66-37(46-69-32(50(85)86)26(20-100-46)17-76-13-9-7-10-14-76)44(82)71-57-64-30(24-104-57)35(74-98-60(3,4)54(92)93)42(80)67-38(47-70-33-28(22-101-47)19-96-52(33)89)45(83)72-58-65-31(25-105-58)36(75-99-61(5,6)55(94)95)43(81)68-39-48(84)78-40(51(87)88)27(21-102-49(39)78)18-77-15-11-8-12-16-77/h7-16,23-25,37-39,46-47,49,69-70H,17-22H2,1-6H3,(H10-2,62,63,64,65,66,67,68,71,72,79,80,81,82,83,85,86,87,88,90,91,92,93,94,95)/b73-34-,74-35-,75-36-/t37?,38?,39-,46?,47?,49-/m1/s1. The molecule has 0 bridgehead atoms. The molecular formula is C61H61N17O21S6. The Kier molecular flexibility index (Phi) is 23.2. The van der Waals surface area contributed by atoms with E-state index in [1.807, 2.05) is 0 Å². The molecule has 0 aromatic carbocycles. The number of carboxylic acid groups (broad SMARTS) is 5. The molecule has 1 saturated heterocycles. The Labute approximate surface area is 617 Å². The molecule has 552 valence electrons. The molecule has 10 heterocycles. The van der Waals surface area contributed by atoms with Gasteiger partial charge in [0, 0.05) is 74.4 Å². The highest BCUT2D eigenvalue weighted by Crippen LogP contribution is 2.41. The van der Waals surface area contributed by atoms with Crippen LogP contribution in [0.3, 0.4) is 0 Å². The summed E-state index contributed by atoms with van der Waals surface area (Å²) in [5.41, 5.74) is -3.43. The molecular weight excluding hydrogens is 1500 g/mol. The number of anilines is 3. The minimum atomic E-state index is -2.18. The minimum absolute atomic E-state index is 0.0425. The number of hydrogen-bond acceptors (Lipinski definition) is 33. The fraction of sp³-hybridized carbons (Fsp3) is 0.344. The Morgan fingerprint density at radius 3 is 1.54 bits per heavy atom. The van der Waals surface area contributed by atoms with Crippen molar-refractivity contribution in [3.05, 3.63) is 128 Å². The molecule has 44 heteroatoms. The lowest BCUT2D eigenvalue weighted by molar-refractivity contribution is -0.689. The number of cyclic esters (lactones) is 1. The van der Waals surface area contributed by atoms with Crippen LogP contribution in [0.4, 0.5) is 15.4 Å². The Morgan fingerprint density at radius 1 is 0.629 bits per heavy atom. The van der Waals surface area contributed by atoms with Gasteiger partial charge in [-0.2, -0.15) is 0 Å². The number of carbonyl (C=O) groups is 12. The van der Waals surface area contributed by atoms with Gasteiger partial charge in [-0.1, -0.05) is 27.6 Å². The largest absolute Gasteiger partial charge is 0.543 e. The average Bonchev–Trinajstić information content (AvgIpc) is 1.08. The molecule has 5 aliphatic heterocycles. The highest BCUT2D eigenvalue weighted by Gasteiger charge is 2.54. The maximum atomic E-state index is 15.0. The summed E-state index contributed by atoms with van der Waals surface area (Å²) in [6, 6.07) is 5.33. The number of esters is 1. The maximum absolute atomic E-state index is 15.0. The lowest BCUT2D eigenvalue weighted by Crippen LogP contribution is -2.71. The summed E-state index contributed by atoms with van der Waals surface area (Å²) in [6.45, 7) is 6.66. The predicted octanol–water partition coefficient (Wildman–Crippen LogP) is -2.84. The topological polar surface area (TPSA) is 546 Å². The number of nitrogens with two attached hydrogens (primary N) is 1. The van der Waals surface area contributed by atoms with Gasteiger partial charge < -0.3 is 97.3 Å². The van der Waals surface area contributed by atoms with Crippen molar-refractivity contribution in [2.75, 3.05) is 40.2 Å². The molecule has 4 unspecified atom stereocenters. The highest BCUT2D eigenvalue weighted by atomic mass is 32.2. The first-order chi connectivity index (χ1) is 49.7. The Morgan fingerprint density at radius 2 is 1.08 bits per heavy atom. The third-order valence-corrected chi connectivity index (χ3v) is 21.6. The van der Waals surface area contributed by atoms with Crippen molar-refractivity contribution in [2.24, 2.45) is 15.5 Å². The Hall–Kier alpha value is -11.1. The number of thioether (sulfide) groups is 3. The molecule has 5 aromatic heterocycles. The number of rotatable bonds is 30. The number of carbonyl (C=O) groups excluding carboxylic acids is 9. The molecule has 0 spiro atoms. The lowest BCUT2D eigenvalue weighted by Gasteiger charge is -2.50. The first kappa shape index (κ1) is 76.5. The van der Waals surface area contributed by atoms with Gasteiger partial charge in [0.25, 0.3) is 35.4 Å². The van der Waals surface area contributed by atoms with Gasteiger partial charge >= 0.3 is 23.9 Å². The van der Waals surface area contributed by atoms with Gasteiger partial charge in [-0.05, 0) is 41.5 Å². The third kappa shape index (κ3) is 17.8. The molecule has 5 aliphatic rings. The first-order valence-electron chi connectivity index (χ1n) is 30.7. The summed E-state index contributed by atoms with van der Waals surface area (Å²) in [4.78, 5) is 192. The summed E-state index contributed by atoms with van der Waals surface area (Å²) >= 11 is 5.28. The van der Waals surface area contributed by atoms with Crippen molar-refractivity contribution in [3.8, 4) is 0 Å². The SMILES string of the molecule is CC(C)(O/N=C(\C(=O)NC(C(=O)Nc1nc(/C(=N/OC(C)(C)C(=O)O)C(=O)NC(C(=O)Nc2nc(/C(=N/OC(C)(C)C(=O)O)C(=O)N[C@@H]3C(=O)N4C(C(=O)[O-])=C(C[n+]5ccccc5)CS[C@H]34)cs2)C2NC3=C(COC3=O)CS2)cs1)C1NC(C(=O)[O-])=C(C[n+]2ccccc2)CS1)c1csc(N)n1)C(=O)O. The summed E-state index contributed by atoms with van der Waals surface area (Å²) in [7, 11) is 0. The van der Waals surface area contributed by atoms with E-state index in [0.717, 1.165) is 98.4 Å². The number of nitrogens with zero attached hydrogens (tertiary/aromatic N) is 9. The number of thiazole rings is 3.